The van der Waals surface area contributed by atoms with Gasteiger partial charge in [0.25, 0.3) is 0 Å². The number of phosphoric ester groups is 1. The molecule has 0 aromatic heterocycles. The number of rotatable bonds is 4. The van der Waals surface area contributed by atoms with Crippen LogP contribution in [-0.4, -0.2) is 39.7 Å². The Morgan fingerprint density at radius 1 is 1.30 bits per heavy atom. The van der Waals surface area contributed by atoms with Gasteiger partial charge in [0.05, 0.1) is 6.61 Å². The predicted molar refractivity (Wildman–Crippen MR) is 39.0 cm³/mol. The maximum Gasteiger partial charge on any atom is 0.474 e. The summed E-state index contributed by atoms with van der Waals surface area (Å²) in [4.78, 5) is 0. The van der Waals surface area contributed by atoms with Crippen molar-refractivity contribution in [3.8, 4) is 0 Å². The molecule has 0 amide bonds. The van der Waals surface area contributed by atoms with Crippen LogP contribution in [-0.2, 0) is 18.1 Å². The number of phosphoric acid groups is 1. The molecule has 0 aromatic rings. The smallest absolute Gasteiger partial charge is 0.290 e. The van der Waals surface area contributed by atoms with Crippen molar-refractivity contribution in [2.45, 2.75) is 6.92 Å². The quantitative estimate of drug-likeness (QED) is 0.456. The van der Waals surface area contributed by atoms with Crippen molar-refractivity contribution in [2.75, 3.05) is 20.8 Å². The zero-order valence-electron chi connectivity index (χ0n) is 6.79. The van der Waals surface area contributed by atoms with Gasteiger partial charge in [0.2, 0.25) is 0 Å². The van der Waals surface area contributed by atoms with Gasteiger partial charge in [0, 0.05) is 33.1 Å². The van der Waals surface area contributed by atoms with E-state index in [1.807, 2.05) is 0 Å². The van der Waals surface area contributed by atoms with Crippen molar-refractivity contribution in [2.24, 2.45) is 0 Å². The fourth-order valence-electron chi connectivity index (χ4n) is 0.338. The van der Waals surface area contributed by atoms with E-state index in [9.17, 15) is 4.57 Å². The van der Waals surface area contributed by atoms with E-state index in [1.165, 1.54) is 14.2 Å². The second-order valence-electron chi connectivity index (χ2n) is 1.23. The summed E-state index contributed by atoms with van der Waals surface area (Å²) in [6.07, 6.45) is 0. The van der Waals surface area contributed by atoms with E-state index in [0.717, 1.165) is 0 Å². The average Bonchev–Trinajstić information content (AvgIpc) is 1.89. The summed E-state index contributed by atoms with van der Waals surface area (Å²) >= 11 is 0. The van der Waals surface area contributed by atoms with E-state index in [1.54, 1.807) is 6.92 Å². The zero-order chi connectivity index (χ0) is 7.33. The standard InChI is InChI=1S/C4H11O4P.Li/c1-4-8-9(5,6-2)7-3;/h4H2,1-3H3;. The number of hydrogen-bond donors (Lipinski definition) is 0. The second-order valence-corrected chi connectivity index (χ2v) is 3.11. The molecule has 0 aliphatic carbocycles. The van der Waals surface area contributed by atoms with Crippen LogP contribution in [0.5, 0.6) is 0 Å². The van der Waals surface area contributed by atoms with Gasteiger partial charge in [0.1, 0.15) is 0 Å². The Balaban J connectivity index is 0. The van der Waals surface area contributed by atoms with Gasteiger partial charge in [-0.15, -0.1) is 0 Å². The molecule has 0 heterocycles. The molecule has 57 valence electrons. The molecule has 4 nitrogen and oxygen atoms in total. The molecule has 10 heavy (non-hydrogen) atoms. The zero-order valence-corrected chi connectivity index (χ0v) is 7.68. The van der Waals surface area contributed by atoms with E-state index < -0.39 is 7.82 Å². The Labute approximate surface area is 73.0 Å². The summed E-state index contributed by atoms with van der Waals surface area (Å²) in [5, 5.41) is 0. The summed E-state index contributed by atoms with van der Waals surface area (Å²) in [6.45, 7) is 2.03. The fourth-order valence-corrected chi connectivity index (χ4v) is 1.01. The molecular weight excluding hydrogens is 150 g/mol. The average molecular weight is 161 g/mol. The van der Waals surface area contributed by atoms with Crippen LogP contribution in [0, 0.1) is 0 Å². The summed E-state index contributed by atoms with van der Waals surface area (Å²) < 4.78 is 24.4. The van der Waals surface area contributed by atoms with E-state index in [0.29, 0.717) is 6.61 Å². The monoisotopic (exact) mass is 161 g/mol. The molecule has 0 aliphatic heterocycles. The van der Waals surface area contributed by atoms with Crippen molar-refractivity contribution in [3.05, 3.63) is 0 Å². The summed E-state index contributed by atoms with van der Waals surface area (Å²) in [7, 11) is -0.626. The largest absolute Gasteiger partial charge is 0.474 e. The molecule has 0 fully saturated rings. The van der Waals surface area contributed by atoms with E-state index in [2.05, 4.69) is 13.6 Å². The van der Waals surface area contributed by atoms with Gasteiger partial charge in [-0.25, -0.2) is 4.57 Å². The molecule has 0 unspecified atom stereocenters. The van der Waals surface area contributed by atoms with Gasteiger partial charge < -0.3 is 0 Å². The van der Waals surface area contributed by atoms with Gasteiger partial charge in [-0.05, 0) is 6.92 Å². The van der Waals surface area contributed by atoms with Crippen molar-refractivity contribution in [3.63, 3.8) is 0 Å². The molecule has 0 atom stereocenters. The molecule has 0 saturated heterocycles. The Hall–Kier alpha value is 0.707. The topological polar surface area (TPSA) is 44.8 Å². The normalized spacial score (nSPS) is 10.7. The van der Waals surface area contributed by atoms with E-state index in [4.69, 9.17) is 0 Å². The summed E-state index contributed by atoms with van der Waals surface area (Å²) in [5.41, 5.74) is 0. The van der Waals surface area contributed by atoms with Crippen molar-refractivity contribution in [1.29, 1.82) is 0 Å². The maximum absolute atomic E-state index is 10.9. The molecule has 0 bridgehead atoms. The molecule has 0 spiro atoms. The third-order valence-corrected chi connectivity index (χ3v) is 2.20. The first-order valence-corrected chi connectivity index (χ1v) is 4.00. The Bertz CT molecular complexity index is 110. The minimum Gasteiger partial charge on any atom is -0.290 e. The molecule has 0 saturated carbocycles. The van der Waals surface area contributed by atoms with Crippen LogP contribution in [0.1, 0.15) is 6.92 Å². The SMILES string of the molecule is CCOP(=O)(OC)OC.[Li]. The van der Waals surface area contributed by atoms with Crippen LogP contribution in [0.15, 0.2) is 0 Å². The third kappa shape index (κ3) is 4.51. The van der Waals surface area contributed by atoms with Crippen LogP contribution in [0.25, 0.3) is 0 Å². The molecule has 0 aliphatic rings. The summed E-state index contributed by atoms with van der Waals surface area (Å²) in [5.74, 6) is 0. The van der Waals surface area contributed by atoms with E-state index in [-0.39, 0.29) is 18.9 Å². The maximum atomic E-state index is 10.9. The minimum absolute atomic E-state index is 0. The minimum atomic E-state index is -3.18. The van der Waals surface area contributed by atoms with Crippen molar-refractivity contribution < 1.29 is 18.1 Å². The van der Waals surface area contributed by atoms with Crippen LogP contribution in [0.4, 0.5) is 0 Å². The second kappa shape index (κ2) is 6.42. The molecule has 0 rings (SSSR count). The van der Waals surface area contributed by atoms with Gasteiger partial charge in [-0.1, -0.05) is 0 Å². The van der Waals surface area contributed by atoms with Crippen LogP contribution in [0.2, 0.25) is 0 Å². The first-order chi connectivity index (χ1) is 4.18. The van der Waals surface area contributed by atoms with Gasteiger partial charge in [0.15, 0.2) is 0 Å². The predicted octanol–water partition coefficient (Wildman–Crippen LogP) is 1.04. The molecule has 6 heteroatoms. The first kappa shape index (κ1) is 13.3. The number of hydrogen-bond acceptors (Lipinski definition) is 4. The van der Waals surface area contributed by atoms with Crippen LogP contribution in [0.3, 0.4) is 0 Å². The third-order valence-electron chi connectivity index (χ3n) is 0.734. The van der Waals surface area contributed by atoms with E-state index >= 15 is 0 Å². The van der Waals surface area contributed by atoms with Gasteiger partial charge >= 0.3 is 7.82 Å². The first-order valence-electron chi connectivity index (χ1n) is 2.54. The van der Waals surface area contributed by atoms with Crippen molar-refractivity contribution in [1.82, 2.24) is 0 Å². The van der Waals surface area contributed by atoms with Gasteiger partial charge in [-0.2, -0.15) is 0 Å². The summed E-state index contributed by atoms with van der Waals surface area (Å²) in [6, 6.07) is 0. The van der Waals surface area contributed by atoms with Crippen molar-refractivity contribution >= 4 is 26.7 Å². The van der Waals surface area contributed by atoms with Gasteiger partial charge in [-0.3, -0.25) is 13.6 Å². The fraction of sp³-hybridized carbons (Fsp3) is 1.00. The van der Waals surface area contributed by atoms with Crippen LogP contribution < -0.4 is 0 Å². The molecule has 0 N–H and O–H groups in total. The van der Waals surface area contributed by atoms with Crippen LogP contribution >= 0.6 is 7.82 Å². The molecule has 1 radical (unpaired) electrons. The Kier molecular flexibility index (Phi) is 8.54. The Morgan fingerprint density at radius 2 is 1.70 bits per heavy atom. The molecule has 0 aromatic carbocycles. The molecular formula is C4H11LiO4P. The Morgan fingerprint density at radius 3 is 1.80 bits per heavy atom.